The van der Waals surface area contributed by atoms with Crippen molar-refractivity contribution in [3.05, 3.63) is 12.2 Å². The number of esters is 2. The second kappa shape index (κ2) is 6.21. The lowest BCUT2D eigenvalue weighted by Gasteiger charge is -2.64. The van der Waals surface area contributed by atoms with Crippen LogP contribution in [0.2, 0.25) is 0 Å². The molecule has 30 heavy (non-hydrogen) atoms. The summed E-state index contributed by atoms with van der Waals surface area (Å²) in [6.07, 6.45) is -5.48. The maximum absolute atomic E-state index is 13.3. The zero-order chi connectivity index (χ0) is 22.3. The molecule has 5 saturated carbocycles. The highest BCUT2D eigenvalue weighted by atomic mass is 32.2. The summed E-state index contributed by atoms with van der Waals surface area (Å²) in [5.41, 5.74) is -2.31. The van der Waals surface area contributed by atoms with Gasteiger partial charge in [0.05, 0.1) is 5.41 Å². The molecule has 5 aliphatic rings. The molecule has 0 aromatic rings. The Morgan fingerprint density at radius 1 is 1.20 bits per heavy atom. The molecule has 168 valence electrons. The van der Waals surface area contributed by atoms with Gasteiger partial charge >= 0.3 is 18.1 Å². The largest absolute Gasteiger partial charge is 0.456 e. The van der Waals surface area contributed by atoms with E-state index < -0.39 is 51.1 Å². The van der Waals surface area contributed by atoms with Gasteiger partial charge in [0.25, 0.3) is 10.1 Å². The van der Waals surface area contributed by atoms with E-state index >= 15 is 0 Å². The first-order valence-corrected chi connectivity index (χ1v) is 11.3. The van der Waals surface area contributed by atoms with Crippen LogP contribution in [0.3, 0.4) is 0 Å². The van der Waals surface area contributed by atoms with Crippen LogP contribution in [0.5, 0.6) is 0 Å². The monoisotopic (exact) mass is 452 g/mol. The van der Waals surface area contributed by atoms with Crippen molar-refractivity contribution in [3.8, 4) is 0 Å². The van der Waals surface area contributed by atoms with E-state index in [-0.39, 0.29) is 29.2 Å². The molecule has 0 aliphatic heterocycles. The summed E-state index contributed by atoms with van der Waals surface area (Å²) in [6, 6.07) is 0. The first-order valence-electron chi connectivity index (χ1n) is 9.71. The Bertz CT molecular complexity index is 929. The van der Waals surface area contributed by atoms with Gasteiger partial charge in [-0.3, -0.25) is 9.35 Å². The van der Waals surface area contributed by atoms with E-state index in [4.69, 9.17) is 9.29 Å². The van der Waals surface area contributed by atoms with Gasteiger partial charge in [-0.15, -0.1) is 0 Å². The lowest BCUT2D eigenvalue weighted by molar-refractivity contribution is -0.233. The summed E-state index contributed by atoms with van der Waals surface area (Å²) in [5, 5.41) is 0. The van der Waals surface area contributed by atoms with Crippen LogP contribution in [0.25, 0.3) is 0 Å². The van der Waals surface area contributed by atoms with E-state index in [0.29, 0.717) is 25.7 Å². The smallest absolute Gasteiger partial charge is 0.426 e. The average molecular weight is 452 g/mol. The molecular weight excluding hydrogens is 429 g/mol. The third-order valence-corrected chi connectivity index (χ3v) is 8.09. The van der Waals surface area contributed by atoms with Gasteiger partial charge in [0.1, 0.15) is 11.4 Å². The van der Waals surface area contributed by atoms with Crippen LogP contribution in [0.1, 0.15) is 45.4 Å². The number of carbonyl (C=O) groups is 2. The van der Waals surface area contributed by atoms with Gasteiger partial charge in [-0.1, -0.05) is 6.58 Å². The second-order valence-corrected chi connectivity index (χ2v) is 11.2. The highest BCUT2D eigenvalue weighted by Gasteiger charge is 2.77. The average Bonchev–Trinajstić information content (AvgIpc) is 2.69. The summed E-state index contributed by atoms with van der Waals surface area (Å²) in [7, 11) is -5.03. The van der Waals surface area contributed by atoms with Gasteiger partial charge in [0, 0.05) is 12.0 Å². The first kappa shape index (κ1) is 21.6. The number of hydrogen-bond acceptors (Lipinski definition) is 6. The number of rotatable bonds is 6. The molecule has 0 aromatic carbocycles. The standard InChI is InChI=1S/C19H23F3O7S/c1-10(2)14(23)29-18-4-11-3-16(8-18)7-17(9-18,5-12(11)16)15(24)28-13(19(20,21)22)6-30(25,26)27/h11-13H,1,3-9H2,2H3,(H,25,26,27). The molecule has 11 heteroatoms. The minimum atomic E-state index is -5.15. The number of carbonyl (C=O) groups excluding carboxylic acids is 2. The quantitative estimate of drug-likeness (QED) is 0.375. The number of alkyl halides is 3. The summed E-state index contributed by atoms with van der Waals surface area (Å²) in [4.78, 5) is 25.2. The summed E-state index contributed by atoms with van der Waals surface area (Å²) in [6.45, 7) is 5.06. The van der Waals surface area contributed by atoms with Crippen molar-refractivity contribution in [2.75, 3.05) is 5.75 Å². The highest BCUT2D eigenvalue weighted by molar-refractivity contribution is 7.85. The molecule has 0 heterocycles. The zero-order valence-electron chi connectivity index (χ0n) is 16.3. The molecule has 0 aromatic heterocycles. The van der Waals surface area contributed by atoms with Crippen LogP contribution >= 0.6 is 0 Å². The molecule has 7 nitrogen and oxygen atoms in total. The fourth-order valence-corrected chi connectivity index (χ4v) is 7.37. The number of ether oxygens (including phenoxy) is 2. The van der Waals surface area contributed by atoms with E-state index in [1.807, 2.05) is 0 Å². The lowest BCUT2D eigenvalue weighted by Crippen LogP contribution is -2.61. The van der Waals surface area contributed by atoms with E-state index in [1.165, 1.54) is 6.92 Å². The number of fused-ring (bicyclic) bond motifs is 1. The molecule has 5 rings (SSSR count). The molecule has 6 unspecified atom stereocenters. The molecule has 4 bridgehead atoms. The molecular formula is C19H23F3O7S. The van der Waals surface area contributed by atoms with E-state index in [0.717, 1.165) is 6.42 Å². The van der Waals surface area contributed by atoms with Gasteiger partial charge in [0.2, 0.25) is 6.10 Å². The Morgan fingerprint density at radius 2 is 1.87 bits per heavy atom. The predicted octanol–water partition coefficient (Wildman–Crippen LogP) is 2.81. The third-order valence-electron chi connectivity index (χ3n) is 7.36. The number of hydrogen-bond donors (Lipinski definition) is 1. The van der Waals surface area contributed by atoms with Crippen molar-refractivity contribution in [2.45, 2.75) is 63.3 Å². The Balaban J connectivity index is 1.61. The van der Waals surface area contributed by atoms with Crippen molar-refractivity contribution in [3.63, 3.8) is 0 Å². The van der Waals surface area contributed by atoms with Crippen LogP contribution in [-0.4, -0.2) is 48.5 Å². The SMILES string of the molecule is C=C(C)C(=O)OC12CC3CC4(C1)CC(C(=O)OC(CS(=O)(=O)O)C(F)(F)F)(CC34)C2. The lowest BCUT2D eigenvalue weighted by atomic mass is 9.43. The topological polar surface area (TPSA) is 107 Å². The molecule has 6 atom stereocenters. The normalized spacial score (nSPS) is 39.8. The Morgan fingerprint density at radius 3 is 2.43 bits per heavy atom. The van der Waals surface area contributed by atoms with Gasteiger partial charge in [-0.2, -0.15) is 21.6 Å². The Labute approximate surface area is 171 Å². The molecule has 0 saturated heterocycles. The Hall–Kier alpha value is -1.62. The Kier molecular flexibility index (Phi) is 4.47. The van der Waals surface area contributed by atoms with Crippen molar-refractivity contribution < 1.29 is 45.2 Å². The minimum absolute atomic E-state index is 0.0447. The van der Waals surface area contributed by atoms with E-state index in [9.17, 15) is 31.2 Å². The molecule has 0 radical (unpaired) electrons. The van der Waals surface area contributed by atoms with Gasteiger partial charge in [0.15, 0.2) is 0 Å². The molecule has 5 aliphatic carbocycles. The van der Waals surface area contributed by atoms with Crippen molar-refractivity contribution in [1.29, 1.82) is 0 Å². The molecule has 0 amide bonds. The van der Waals surface area contributed by atoms with E-state index in [2.05, 4.69) is 11.3 Å². The zero-order valence-corrected chi connectivity index (χ0v) is 17.1. The predicted molar refractivity (Wildman–Crippen MR) is 95.5 cm³/mol. The van der Waals surface area contributed by atoms with Crippen molar-refractivity contribution >= 4 is 22.1 Å². The maximum atomic E-state index is 13.3. The second-order valence-electron chi connectivity index (χ2n) is 9.69. The first-order chi connectivity index (χ1) is 13.6. The molecule has 5 fully saturated rings. The van der Waals surface area contributed by atoms with Crippen molar-refractivity contribution in [2.24, 2.45) is 22.7 Å². The fourth-order valence-electron chi connectivity index (χ4n) is 6.73. The molecule has 1 N–H and O–H groups in total. The van der Waals surface area contributed by atoms with Gasteiger partial charge < -0.3 is 9.47 Å². The minimum Gasteiger partial charge on any atom is -0.456 e. The third kappa shape index (κ3) is 3.34. The van der Waals surface area contributed by atoms with Crippen LogP contribution in [0.15, 0.2) is 12.2 Å². The number of halogens is 3. The van der Waals surface area contributed by atoms with E-state index in [1.54, 1.807) is 0 Å². The van der Waals surface area contributed by atoms with Crippen LogP contribution in [0.4, 0.5) is 13.2 Å². The summed E-state index contributed by atoms with van der Waals surface area (Å²) < 4.78 is 81.1. The molecule has 1 spiro atoms. The maximum Gasteiger partial charge on any atom is 0.426 e. The van der Waals surface area contributed by atoms with Gasteiger partial charge in [-0.05, 0) is 56.3 Å². The summed E-state index contributed by atoms with van der Waals surface area (Å²) in [5.74, 6) is -3.13. The van der Waals surface area contributed by atoms with Gasteiger partial charge in [-0.25, -0.2) is 4.79 Å². The fraction of sp³-hybridized carbons (Fsp3) is 0.789. The summed E-state index contributed by atoms with van der Waals surface area (Å²) >= 11 is 0. The van der Waals surface area contributed by atoms with Crippen LogP contribution in [0, 0.1) is 22.7 Å². The van der Waals surface area contributed by atoms with Crippen molar-refractivity contribution in [1.82, 2.24) is 0 Å². The highest BCUT2D eigenvalue weighted by Crippen LogP contribution is 2.79. The van der Waals surface area contributed by atoms with Crippen LogP contribution < -0.4 is 0 Å². The van der Waals surface area contributed by atoms with Crippen LogP contribution in [-0.2, 0) is 29.2 Å².